The molecule has 0 bridgehead atoms. The molecule has 0 aromatic carbocycles. The van der Waals surface area contributed by atoms with Crippen LogP contribution in [0.3, 0.4) is 0 Å². The van der Waals surface area contributed by atoms with Gasteiger partial charge in [0.05, 0.1) is 12.2 Å². The molecule has 164 valence electrons. The topological polar surface area (TPSA) is 70.4 Å². The van der Waals surface area contributed by atoms with Gasteiger partial charge in [-0.25, -0.2) is 9.98 Å². The van der Waals surface area contributed by atoms with Crippen LogP contribution in [0.5, 0.6) is 0 Å². The lowest BCUT2D eigenvalue weighted by Crippen LogP contribution is -2.38. The van der Waals surface area contributed by atoms with E-state index in [1.807, 2.05) is 13.1 Å². The van der Waals surface area contributed by atoms with Gasteiger partial charge in [-0.2, -0.15) is 5.10 Å². The van der Waals surface area contributed by atoms with Crippen LogP contribution in [0.1, 0.15) is 56.0 Å². The molecule has 1 fully saturated rings. The van der Waals surface area contributed by atoms with Crippen molar-refractivity contribution in [2.75, 3.05) is 31.1 Å². The van der Waals surface area contributed by atoms with Gasteiger partial charge in [0.2, 0.25) is 0 Å². The number of anilines is 1. The zero-order valence-electron chi connectivity index (χ0n) is 18.8. The number of hydrogen-bond donors (Lipinski definition) is 2. The molecule has 2 N–H and O–H groups in total. The zero-order valence-corrected chi connectivity index (χ0v) is 18.8. The third-order valence-corrected chi connectivity index (χ3v) is 5.45. The number of aromatic nitrogens is 3. The Hall–Kier alpha value is -2.57. The Bertz CT molecular complexity index is 804. The van der Waals surface area contributed by atoms with Crippen molar-refractivity contribution in [3.05, 3.63) is 41.3 Å². The van der Waals surface area contributed by atoms with E-state index >= 15 is 0 Å². The molecule has 1 saturated heterocycles. The molecule has 2 aromatic heterocycles. The molecule has 0 amide bonds. The third kappa shape index (κ3) is 6.75. The Morgan fingerprint density at radius 2 is 1.90 bits per heavy atom. The molecule has 1 aliphatic heterocycles. The molecule has 3 rings (SSSR count). The first-order valence-corrected chi connectivity index (χ1v) is 11.4. The molecule has 30 heavy (non-hydrogen) atoms. The maximum absolute atomic E-state index is 4.78. The molecule has 1 aliphatic rings. The van der Waals surface area contributed by atoms with Gasteiger partial charge < -0.3 is 15.5 Å². The Labute approximate surface area is 181 Å². The maximum atomic E-state index is 4.78. The van der Waals surface area contributed by atoms with Crippen LogP contribution < -0.4 is 15.5 Å². The van der Waals surface area contributed by atoms with Gasteiger partial charge in [-0.3, -0.25) is 4.68 Å². The summed E-state index contributed by atoms with van der Waals surface area (Å²) in [6.07, 6.45) is 8.10. The van der Waals surface area contributed by atoms with Crippen LogP contribution in [0.4, 0.5) is 5.82 Å². The van der Waals surface area contributed by atoms with Crippen LogP contribution in [0, 0.1) is 13.8 Å². The predicted octanol–water partition coefficient (Wildman–Crippen LogP) is 3.42. The molecule has 0 atom stereocenters. The van der Waals surface area contributed by atoms with E-state index in [-0.39, 0.29) is 0 Å². The van der Waals surface area contributed by atoms with Crippen molar-refractivity contribution >= 4 is 11.8 Å². The fraction of sp³-hybridized carbons (Fsp3) is 0.609. The minimum Gasteiger partial charge on any atom is -0.357 e. The molecule has 2 aromatic rings. The summed E-state index contributed by atoms with van der Waals surface area (Å²) >= 11 is 0. The van der Waals surface area contributed by atoms with E-state index in [0.717, 1.165) is 56.6 Å². The quantitative estimate of drug-likeness (QED) is 0.396. The Balaban J connectivity index is 1.52. The highest BCUT2D eigenvalue weighted by Crippen LogP contribution is 2.18. The van der Waals surface area contributed by atoms with Gasteiger partial charge in [0.1, 0.15) is 5.82 Å². The Morgan fingerprint density at radius 3 is 2.60 bits per heavy atom. The number of hydrogen-bond acceptors (Lipinski definition) is 4. The van der Waals surface area contributed by atoms with E-state index in [2.05, 4.69) is 62.3 Å². The Kier molecular flexibility index (Phi) is 8.53. The van der Waals surface area contributed by atoms with Gasteiger partial charge in [0, 0.05) is 44.6 Å². The van der Waals surface area contributed by atoms with Gasteiger partial charge in [0.25, 0.3) is 0 Å². The van der Waals surface area contributed by atoms with Crippen molar-refractivity contribution in [1.82, 2.24) is 25.4 Å². The van der Waals surface area contributed by atoms with Crippen molar-refractivity contribution in [1.29, 1.82) is 0 Å². The molecular formula is C23H37N7. The smallest absolute Gasteiger partial charge is 0.191 e. The molecular weight excluding hydrogens is 374 g/mol. The van der Waals surface area contributed by atoms with Crippen LogP contribution in [-0.4, -0.2) is 46.9 Å². The summed E-state index contributed by atoms with van der Waals surface area (Å²) in [6.45, 7) is 11.7. The SMILES string of the molecule is CCNC(=NCc1ccnc(N2CCCCCC2)c1)NCCCn1nc(C)cc1C. The second kappa shape index (κ2) is 11.6. The standard InChI is InChI=1S/C23H37N7/c1-4-24-23(26-11-9-15-30-20(3)16-19(2)28-30)27-18-21-10-12-25-22(17-21)29-13-7-5-6-8-14-29/h10,12,16-17H,4-9,11,13-15,18H2,1-3H3,(H2,24,26,27). The number of guanidine groups is 1. The van der Waals surface area contributed by atoms with E-state index in [1.165, 1.54) is 36.9 Å². The lowest BCUT2D eigenvalue weighted by molar-refractivity contribution is 0.555. The summed E-state index contributed by atoms with van der Waals surface area (Å²) in [7, 11) is 0. The summed E-state index contributed by atoms with van der Waals surface area (Å²) in [5.74, 6) is 1.95. The number of aliphatic imine (C=N–C) groups is 1. The van der Waals surface area contributed by atoms with E-state index in [0.29, 0.717) is 6.54 Å². The highest BCUT2D eigenvalue weighted by molar-refractivity contribution is 5.79. The van der Waals surface area contributed by atoms with Crippen LogP contribution in [0.25, 0.3) is 0 Å². The highest BCUT2D eigenvalue weighted by atomic mass is 15.3. The first-order valence-electron chi connectivity index (χ1n) is 11.4. The first kappa shape index (κ1) is 22.1. The molecule has 7 nitrogen and oxygen atoms in total. The van der Waals surface area contributed by atoms with E-state index in [9.17, 15) is 0 Å². The first-order chi connectivity index (χ1) is 14.7. The number of pyridine rings is 1. The normalized spacial score (nSPS) is 15.2. The van der Waals surface area contributed by atoms with Gasteiger partial charge in [-0.15, -0.1) is 0 Å². The number of aryl methyl sites for hydroxylation is 3. The monoisotopic (exact) mass is 411 g/mol. The fourth-order valence-corrected chi connectivity index (χ4v) is 3.88. The minimum atomic E-state index is 0.649. The van der Waals surface area contributed by atoms with Crippen LogP contribution >= 0.6 is 0 Å². The van der Waals surface area contributed by atoms with Crippen LogP contribution in [0.15, 0.2) is 29.4 Å². The summed E-state index contributed by atoms with van der Waals surface area (Å²) in [4.78, 5) is 11.8. The molecule has 0 spiro atoms. The van der Waals surface area contributed by atoms with Gasteiger partial charge in [0.15, 0.2) is 5.96 Å². The molecule has 0 unspecified atom stereocenters. The second-order valence-corrected chi connectivity index (χ2v) is 8.05. The summed E-state index contributed by atoms with van der Waals surface area (Å²) in [5.41, 5.74) is 3.49. The second-order valence-electron chi connectivity index (χ2n) is 8.05. The number of rotatable bonds is 8. The van der Waals surface area contributed by atoms with E-state index in [4.69, 9.17) is 4.99 Å². The van der Waals surface area contributed by atoms with Gasteiger partial charge in [-0.05, 0) is 63.8 Å². The lowest BCUT2D eigenvalue weighted by atomic mass is 10.2. The molecule has 0 saturated carbocycles. The number of nitrogens with zero attached hydrogens (tertiary/aromatic N) is 5. The molecule has 0 radical (unpaired) electrons. The largest absolute Gasteiger partial charge is 0.357 e. The van der Waals surface area contributed by atoms with Crippen molar-refractivity contribution in [3.63, 3.8) is 0 Å². The fourth-order valence-electron chi connectivity index (χ4n) is 3.88. The molecule has 0 aliphatic carbocycles. The van der Waals surface area contributed by atoms with Crippen molar-refractivity contribution < 1.29 is 0 Å². The van der Waals surface area contributed by atoms with E-state index in [1.54, 1.807) is 0 Å². The van der Waals surface area contributed by atoms with Crippen LogP contribution in [0.2, 0.25) is 0 Å². The molecule has 7 heteroatoms. The predicted molar refractivity (Wildman–Crippen MR) is 124 cm³/mol. The maximum Gasteiger partial charge on any atom is 0.191 e. The minimum absolute atomic E-state index is 0.649. The third-order valence-electron chi connectivity index (χ3n) is 5.45. The van der Waals surface area contributed by atoms with Crippen molar-refractivity contribution in [3.8, 4) is 0 Å². The van der Waals surface area contributed by atoms with Crippen molar-refractivity contribution in [2.45, 2.75) is 66.0 Å². The number of nitrogens with one attached hydrogen (secondary N) is 2. The zero-order chi connectivity index (χ0) is 21.2. The summed E-state index contributed by atoms with van der Waals surface area (Å²) in [6, 6.07) is 6.38. The van der Waals surface area contributed by atoms with E-state index < -0.39 is 0 Å². The summed E-state index contributed by atoms with van der Waals surface area (Å²) < 4.78 is 2.07. The molecule has 3 heterocycles. The van der Waals surface area contributed by atoms with Crippen molar-refractivity contribution in [2.24, 2.45) is 4.99 Å². The lowest BCUT2D eigenvalue weighted by Gasteiger charge is -2.21. The highest BCUT2D eigenvalue weighted by Gasteiger charge is 2.11. The van der Waals surface area contributed by atoms with Gasteiger partial charge in [-0.1, -0.05) is 12.8 Å². The Morgan fingerprint density at radius 1 is 1.10 bits per heavy atom. The van der Waals surface area contributed by atoms with Gasteiger partial charge >= 0.3 is 0 Å². The summed E-state index contributed by atoms with van der Waals surface area (Å²) in [5, 5.41) is 11.3. The van der Waals surface area contributed by atoms with Crippen LogP contribution in [-0.2, 0) is 13.1 Å². The average molecular weight is 412 g/mol. The average Bonchev–Trinajstić information content (AvgIpc) is 2.93.